The minimum Gasteiger partial charge on any atom is -0.368 e. The number of rotatable bonds is 5. The van der Waals surface area contributed by atoms with Gasteiger partial charge in [-0.3, -0.25) is 9.48 Å². The lowest BCUT2D eigenvalue weighted by Crippen LogP contribution is -2.34. The van der Waals surface area contributed by atoms with Crippen LogP contribution in [-0.2, 0) is 11.8 Å². The zero-order valence-corrected chi connectivity index (χ0v) is 14.8. The minimum absolute atomic E-state index is 0.451. The summed E-state index contributed by atoms with van der Waals surface area (Å²) in [6.07, 6.45) is 6.45. The molecule has 132 valence electrons. The van der Waals surface area contributed by atoms with Gasteiger partial charge in [0.25, 0.3) is 0 Å². The van der Waals surface area contributed by atoms with Crippen molar-refractivity contribution in [3.8, 4) is 11.3 Å². The molecule has 2 aromatic rings. The van der Waals surface area contributed by atoms with Gasteiger partial charge in [0, 0.05) is 38.4 Å². The summed E-state index contributed by atoms with van der Waals surface area (Å²) in [5.74, 6) is 1.50. The average molecular weight is 340 g/mol. The number of hydrogen-bond acceptors (Lipinski definition) is 5. The Morgan fingerprint density at radius 3 is 2.72 bits per heavy atom. The van der Waals surface area contributed by atoms with E-state index in [1.54, 1.807) is 4.68 Å². The topological polar surface area (TPSA) is 75.9 Å². The molecule has 0 radical (unpaired) electrons. The number of likely N-dealkylation sites (tertiary alicyclic amines) is 1. The number of aromatic nitrogens is 4. The number of aryl methyl sites for hydroxylation is 2. The standard InChI is InChI=1S/C18H24N6O/c1-13-15(11-23(2)22-13)16-3-4-17(21-20-16)19-10-14-9-18(14)5-7-24(12-25)8-6-18/h3-4,11-12,14H,5-10H2,1-2H3,(H,19,21). The fourth-order valence-corrected chi connectivity index (χ4v) is 4.06. The monoisotopic (exact) mass is 340 g/mol. The third kappa shape index (κ3) is 3.10. The van der Waals surface area contributed by atoms with Crippen LogP contribution in [0.25, 0.3) is 11.3 Å². The van der Waals surface area contributed by atoms with Crippen LogP contribution in [0.3, 0.4) is 0 Å². The molecule has 1 aliphatic heterocycles. The molecule has 7 nitrogen and oxygen atoms in total. The van der Waals surface area contributed by atoms with Gasteiger partial charge < -0.3 is 10.2 Å². The summed E-state index contributed by atoms with van der Waals surface area (Å²) >= 11 is 0. The van der Waals surface area contributed by atoms with Crippen molar-refractivity contribution in [1.82, 2.24) is 24.9 Å². The number of nitrogens with zero attached hydrogens (tertiary/aromatic N) is 5. The molecule has 0 bridgehead atoms. The molecule has 1 saturated heterocycles. The predicted octanol–water partition coefficient (Wildman–Crippen LogP) is 1.86. The van der Waals surface area contributed by atoms with E-state index in [4.69, 9.17) is 0 Å². The van der Waals surface area contributed by atoms with E-state index in [2.05, 4.69) is 20.6 Å². The number of piperidine rings is 1. The molecule has 2 aliphatic rings. The van der Waals surface area contributed by atoms with Gasteiger partial charge in [0.05, 0.1) is 11.4 Å². The molecule has 3 heterocycles. The average Bonchev–Trinajstić information content (AvgIpc) is 3.18. The molecule has 4 rings (SSSR count). The van der Waals surface area contributed by atoms with Crippen molar-refractivity contribution >= 4 is 12.2 Å². The molecule has 0 aromatic carbocycles. The molecule has 1 unspecified atom stereocenters. The first-order chi connectivity index (χ1) is 12.1. The number of carbonyl (C=O) groups is 1. The highest BCUT2D eigenvalue weighted by atomic mass is 16.1. The molecular weight excluding hydrogens is 316 g/mol. The maximum absolute atomic E-state index is 10.8. The molecule has 1 amide bonds. The Bertz CT molecular complexity index is 760. The van der Waals surface area contributed by atoms with E-state index in [1.165, 1.54) is 6.42 Å². The first-order valence-electron chi connectivity index (χ1n) is 8.87. The van der Waals surface area contributed by atoms with E-state index in [0.717, 1.165) is 61.7 Å². The maximum atomic E-state index is 10.8. The Hall–Kier alpha value is -2.44. The van der Waals surface area contributed by atoms with Crippen molar-refractivity contribution in [3.05, 3.63) is 24.0 Å². The number of hydrogen-bond donors (Lipinski definition) is 1. The summed E-state index contributed by atoms with van der Waals surface area (Å²) in [5.41, 5.74) is 3.27. The minimum atomic E-state index is 0.451. The molecule has 1 saturated carbocycles. The lowest BCUT2D eigenvalue weighted by atomic mass is 9.91. The van der Waals surface area contributed by atoms with Crippen LogP contribution in [0.2, 0.25) is 0 Å². The van der Waals surface area contributed by atoms with Crippen molar-refractivity contribution in [1.29, 1.82) is 0 Å². The quantitative estimate of drug-likeness (QED) is 0.841. The highest BCUT2D eigenvalue weighted by Crippen LogP contribution is 2.59. The van der Waals surface area contributed by atoms with Gasteiger partial charge >= 0.3 is 0 Å². The molecule has 7 heteroatoms. The summed E-state index contributed by atoms with van der Waals surface area (Å²) < 4.78 is 1.79. The number of carbonyl (C=O) groups excluding carboxylic acids is 1. The highest BCUT2D eigenvalue weighted by Gasteiger charge is 2.54. The van der Waals surface area contributed by atoms with Crippen molar-refractivity contribution in [2.24, 2.45) is 18.4 Å². The maximum Gasteiger partial charge on any atom is 0.209 e. The van der Waals surface area contributed by atoms with Crippen LogP contribution in [0.4, 0.5) is 5.82 Å². The highest BCUT2D eigenvalue weighted by molar-refractivity contribution is 5.61. The molecule has 2 aromatic heterocycles. The van der Waals surface area contributed by atoms with E-state index >= 15 is 0 Å². The fourth-order valence-electron chi connectivity index (χ4n) is 4.06. The lowest BCUT2D eigenvalue weighted by Gasteiger charge is -2.30. The van der Waals surface area contributed by atoms with E-state index in [-0.39, 0.29) is 0 Å². The zero-order valence-electron chi connectivity index (χ0n) is 14.8. The molecule has 1 aliphatic carbocycles. The summed E-state index contributed by atoms with van der Waals surface area (Å²) in [6.45, 7) is 4.71. The molecule has 2 fully saturated rings. The largest absolute Gasteiger partial charge is 0.368 e. The van der Waals surface area contributed by atoms with Crippen molar-refractivity contribution in [3.63, 3.8) is 0 Å². The zero-order chi connectivity index (χ0) is 17.4. The number of anilines is 1. The predicted molar refractivity (Wildman–Crippen MR) is 94.9 cm³/mol. The number of nitrogens with one attached hydrogen (secondary N) is 1. The molecular formula is C18H24N6O. The van der Waals surface area contributed by atoms with Crippen LogP contribution in [-0.4, -0.2) is 50.9 Å². The Morgan fingerprint density at radius 2 is 2.12 bits per heavy atom. The summed E-state index contributed by atoms with van der Waals surface area (Å²) in [5, 5.41) is 16.4. The second kappa shape index (κ2) is 6.13. The van der Waals surface area contributed by atoms with E-state index in [9.17, 15) is 4.79 Å². The summed E-state index contributed by atoms with van der Waals surface area (Å²) in [7, 11) is 1.91. The molecule has 1 spiro atoms. The molecule has 1 N–H and O–H groups in total. The van der Waals surface area contributed by atoms with Crippen molar-refractivity contribution in [2.75, 3.05) is 25.0 Å². The third-order valence-corrected chi connectivity index (χ3v) is 5.79. The fraction of sp³-hybridized carbons (Fsp3) is 0.556. The lowest BCUT2D eigenvalue weighted by molar-refractivity contribution is -0.119. The van der Waals surface area contributed by atoms with Gasteiger partial charge in [-0.15, -0.1) is 10.2 Å². The van der Waals surface area contributed by atoms with Gasteiger partial charge in [0.1, 0.15) is 5.82 Å². The van der Waals surface area contributed by atoms with Crippen LogP contribution in [0, 0.1) is 18.3 Å². The van der Waals surface area contributed by atoms with Gasteiger partial charge in [0.15, 0.2) is 0 Å². The van der Waals surface area contributed by atoms with Gasteiger partial charge in [0.2, 0.25) is 6.41 Å². The first kappa shape index (κ1) is 16.1. The van der Waals surface area contributed by atoms with E-state index < -0.39 is 0 Å². The molecule has 1 atom stereocenters. The van der Waals surface area contributed by atoms with Crippen LogP contribution < -0.4 is 5.32 Å². The van der Waals surface area contributed by atoms with Crippen molar-refractivity contribution < 1.29 is 4.79 Å². The van der Waals surface area contributed by atoms with Gasteiger partial charge in [-0.1, -0.05) is 0 Å². The van der Waals surface area contributed by atoms with Crippen molar-refractivity contribution in [2.45, 2.75) is 26.2 Å². The van der Waals surface area contributed by atoms with Gasteiger partial charge in [-0.05, 0) is 49.7 Å². The van der Waals surface area contributed by atoms with E-state index in [0.29, 0.717) is 11.3 Å². The second-order valence-corrected chi connectivity index (χ2v) is 7.39. The summed E-state index contributed by atoms with van der Waals surface area (Å²) in [6, 6.07) is 3.98. The van der Waals surface area contributed by atoms with Gasteiger partial charge in [-0.2, -0.15) is 5.10 Å². The summed E-state index contributed by atoms with van der Waals surface area (Å²) in [4.78, 5) is 12.7. The van der Waals surface area contributed by atoms with Crippen LogP contribution in [0.1, 0.15) is 25.0 Å². The Kier molecular flexibility index (Phi) is 3.94. The van der Waals surface area contributed by atoms with Crippen LogP contribution in [0.5, 0.6) is 0 Å². The SMILES string of the molecule is Cc1nn(C)cc1-c1ccc(NCC2CC23CCN(C=O)CC3)nn1. The van der Waals surface area contributed by atoms with Crippen LogP contribution in [0.15, 0.2) is 18.3 Å². The Balaban J connectivity index is 1.33. The third-order valence-electron chi connectivity index (χ3n) is 5.79. The number of amides is 1. The first-order valence-corrected chi connectivity index (χ1v) is 8.87. The smallest absolute Gasteiger partial charge is 0.209 e. The molecule has 25 heavy (non-hydrogen) atoms. The normalized spacial score (nSPS) is 21.4. The van der Waals surface area contributed by atoms with Gasteiger partial charge in [-0.25, -0.2) is 0 Å². The van der Waals surface area contributed by atoms with Crippen LogP contribution >= 0.6 is 0 Å². The Labute approximate surface area is 147 Å². The van der Waals surface area contributed by atoms with E-state index in [1.807, 2.05) is 37.2 Å². The Morgan fingerprint density at radius 1 is 1.32 bits per heavy atom. The second-order valence-electron chi connectivity index (χ2n) is 7.39.